The number of nitrogens with two attached hydrogens (primary N) is 1. The first-order valence-electron chi connectivity index (χ1n) is 12.6. The van der Waals surface area contributed by atoms with E-state index in [1.807, 2.05) is 0 Å². The number of ether oxygens (including phenoxy) is 1. The number of alkyl halides is 1. The van der Waals surface area contributed by atoms with Gasteiger partial charge in [0.15, 0.2) is 0 Å². The van der Waals surface area contributed by atoms with E-state index in [0.717, 1.165) is 0 Å². The number of nitrogens with one attached hydrogen (secondary N) is 1. The van der Waals surface area contributed by atoms with Crippen LogP contribution in [0.2, 0.25) is 10.0 Å². The number of pyridine rings is 1. The fourth-order valence-corrected chi connectivity index (χ4v) is 5.51. The van der Waals surface area contributed by atoms with Gasteiger partial charge in [0, 0.05) is 37.5 Å². The number of nitrogens with zero attached hydrogens (tertiary/aromatic N) is 4. The van der Waals surface area contributed by atoms with Crippen LogP contribution in [-0.2, 0) is 23.1 Å². The zero-order valence-electron chi connectivity index (χ0n) is 22.2. The molecule has 3 heterocycles. The van der Waals surface area contributed by atoms with Crippen LogP contribution in [0.5, 0.6) is 5.75 Å². The second-order valence-corrected chi connectivity index (χ2v) is 10.7. The Hall–Kier alpha value is -4.07. The van der Waals surface area contributed by atoms with Crippen molar-refractivity contribution in [2.24, 2.45) is 12.8 Å². The summed E-state index contributed by atoms with van der Waals surface area (Å²) in [6.45, 7) is -0.386. The highest BCUT2D eigenvalue weighted by Gasteiger charge is 2.36. The summed E-state index contributed by atoms with van der Waals surface area (Å²) in [5.41, 5.74) is 5.48. The van der Waals surface area contributed by atoms with Crippen molar-refractivity contribution < 1.29 is 28.2 Å². The molecule has 11 nitrogen and oxygen atoms in total. The number of benzene rings is 1. The summed E-state index contributed by atoms with van der Waals surface area (Å²) in [6, 6.07) is 4.01. The van der Waals surface area contributed by atoms with Gasteiger partial charge in [-0.15, -0.1) is 0 Å². The van der Waals surface area contributed by atoms with Crippen molar-refractivity contribution in [1.82, 2.24) is 19.1 Å². The lowest BCUT2D eigenvalue weighted by Crippen LogP contribution is -2.21. The number of carbonyl (C=O) groups is 2. The Morgan fingerprint density at radius 2 is 2.00 bits per heavy atom. The molecule has 1 unspecified atom stereocenters. The summed E-state index contributed by atoms with van der Waals surface area (Å²) < 4.78 is 36.6. The van der Waals surface area contributed by atoms with Gasteiger partial charge in [-0.2, -0.15) is 4.39 Å². The predicted octanol–water partition coefficient (Wildman–Crippen LogP) is 3.92. The standard InChI is InChI=1S/C27H24Cl2F2N6O5/c1-36-10-33-26-21(27(36)41)14(11-3-13(25(32)40)23(39)15(28)4-11)8-37(26)9-20(38)34-18-7-17(35-24(31)22(18)29)12-5-16(30)19(6-12)42-2/h3-4,7-8,10,12,16,19,39H,5-6,9H2,1-2H3,(H2,32,40)(H,34,35,38)/t12?,16-,19+/m1/s1. The second-order valence-electron chi connectivity index (χ2n) is 9.95. The molecule has 2 amide bonds. The molecule has 1 aromatic carbocycles. The molecule has 5 rings (SSSR count). The van der Waals surface area contributed by atoms with Crippen molar-refractivity contribution in [2.45, 2.75) is 37.6 Å². The number of hydrogen-bond donors (Lipinski definition) is 3. The minimum absolute atomic E-state index is 0.0579. The first-order valence-corrected chi connectivity index (χ1v) is 13.3. The van der Waals surface area contributed by atoms with E-state index in [4.69, 9.17) is 33.7 Å². The third-order valence-corrected chi connectivity index (χ3v) is 7.90. The van der Waals surface area contributed by atoms with E-state index < -0.39 is 52.3 Å². The lowest BCUT2D eigenvalue weighted by molar-refractivity contribution is -0.116. The number of phenols is 1. The van der Waals surface area contributed by atoms with Crippen LogP contribution in [0.1, 0.15) is 34.8 Å². The second kappa shape index (κ2) is 11.3. The highest BCUT2D eigenvalue weighted by molar-refractivity contribution is 6.34. The number of anilines is 1. The number of primary amides is 1. The van der Waals surface area contributed by atoms with Gasteiger partial charge in [-0.3, -0.25) is 14.4 Å². The van der Waals surface area contributed by atoms with Crippen molar-refractivity contribution in [1.29, 1.82) is 0 Å². The third kappa shape index (κ3) is 5.30. The van der Waals surface area contributed by atoms with Gasteiger partial charge in [0.2, 0.25) is 11.9 Å². The molecule has 4 N–H and O–H groups in total. The van der Waals surface area contributed by atoms with Crippen LogP contribution in [0.15, 0.2) is 35.5 Å². The molecule has 4 aromatic rings. The van der Waals surface area contributed by atoms with Crippen LogP contribution in [0.4, 0.5) is 14.5 Å². The van der Waals surface area contributed by atoms with Gasteiger partial charge >= 0.3 is 0 Å². The van der Waals surface area contributed by atoms with Crippen molar-refractivity contribution in [3.8, 4) is 16.9 Å². The van der Waals surface area contributed by atoms with Crippen LogP contribution in [0.25, 0.3) is 22.2 Å². The van der Waals surface area contributed by atoms with E-state index in [1.165, 1.54) is 54.0 Å². The molecule has 3 atom stereocenters. The van der Waals surface area contributed by atoms with Crippen molar-refractivity contribution in [3.05, 3.63) is 68.3 Å². The third-order valence-electron chi connectivity index (χ3n) is 7.25. The highest BCUT2D eigenvalue weighted by Crippen LogP contribution is 2.39. The fourth-order valence-electron chi connectivity index (χ4n) is 5.14. The van der Waals surface area contributed by atoms with Crippen LogP contribution in [0, 0.1) is 5.95 Å². The molecule has 220 valence electrons. The maximum absolute atomic E-state index is 14.6. The largest absolute Gasteiger partial charge is 0.506 e. The van der Waals surface area contributed by atoms with E-state index >= 15 is 0 Å². The Morgan fingerprint density at radius 1 is 1.26 bits per heavy atom. The summed E-state index contributed by atoms with van der Waals surface area (Å²) >= 11 is 12.2. The number of amides is 2. The molecule has 1 fully saturated rings. The maximum atomic E-state index is 14.6. The molecule has 3 aromatic heterocycles. The Balaban J connectivity index is 1.50. The van der Waals surface area contributed by atoms with Crippen LogP contribution in [-0.4, -0.2) is 55.4 Å². The molecule has 1 aliphatic carbocycles. The van der Waals surface area contributed by atoms with Crippen molar-refractivity contribution in [3.63, 3.8) is 0 Å². The molecule has 0 bridgehead atoms. The normalized spacial score (nSPS) is 18.5. The first kappa shape index (κ1) is 29.4. The number of aromatic nitrogens is 4. The van der Waals surface area contributed by atoms with Crippen LogP contribution < -0.4 is 16.6 Å². The molecule has 0 radical (unpaired) electrons. The van der Waals surface area contributed by atoms with Crippen molar-refractivity contribution >= 4 is 51.7 Å². The summed E-state index contributed by atoms with van der Waals surface area (Å²) in [7, 11) is 2.89. The lowest BCUT2D eigenvalue weighted by Gasteiger charge is -2.14. The minimum atomic E-state index is -1.24. The molecular formula is C27H24Cl2F2N6O5. The van der Waals surface area contributed by atoms with E-state index in [0.29, 0.717) is 0 Å². The van der Waals surface area contributed by atoms with Gasteiger partial charge in [0.1, 0.15) is 29.1 Å². The zero-order valence-corrected chi connectivity index (χ0v) is 23.7. The number of fused-ring (bicyclic) bond motifs is 1. The quantitative estimate of drug-likeness (QED) is 0.265. The number of aromatic hydroxyl groups is 1. The molecular weight excluding hydrogens is 597 g/mol. The maximum Gasteiger partial charge on any atom is 0.263 e. The van der Waals surface area contributed by atoms with E-state index in [-0.39, 0.29) is 63.5 Å². The molecule has 15 heteroatoms. The van der Waals surface area contributed by atoms with Gasteiger partial charge in [0.25, 0.3) is 11.5 Å². The lowest BCUT2D eigenvalue weighted by atomic mass is 10.0. The van der Waals surface area contributed by atoms with Crippen LogP contribution >= 0.6 is 23.2 Å². The predicted molar refractivity (Wildman–Crippen MR) is 151 cm³/mol. The average Bonchev–Trinajstić information content (AvgIpc) is 3.50. The van der Waals surface area contributed by atoms with Gasteiger partial charge < -0.3 is 30.0 Å². The smallest absolute Gasteiger partial charge is 0.263 e. The first-order chi connectivity index (χ1) is 19.9. The highest BCUT2D eigenvalue weighted by atomic mass is 35.5. The van der Waals surface area contributed by atoms with Gasteiger partial charge in [-0.1, -0.05) is 23.2 Å². The van der Waals surface area contributed by atoms with E-state index in [2.05, 4.69) is 15.3 Å². The van der Waals surface area contributed by atoms with Crippen molar-refractivity contribution in [2.75, 3.05) is 12.4 Å². The topological polar surface area (TPSA) is 154 Å². The SMILES string of the molecule is CO[C@H]1CC(c2cc(NC(=O)Cn3cc(-c4cc(Cl)c(O)c(C(N)=O)c4)c4c(=O)n(C)cnc43)c(Cl)c(F)n2)C[C@H]1F. The summed E-state index contributed by atoms with van der Waals surface area (Å²) in [5, 5.41) is 12.2. The Bertz CT molecular complexity index is 1810. The van der Waals surface area contributed by atoms with E-state index in [9.17, 15) is 28.3 Å². The molecule has 0 saturated heterocycles. The summed E-state index contributed by atoms with van der Waals surface area (Å²) in [6.07, 6.45) is 1.21. The van der Waals surface area contributed by atoms with E-state index in [1.54, 1.807) is 0 Å². The number of rotatable bonds is 7. The Morgan fingerprint density at radius 3 is 2.67 bits per heavy atom. The monoisotopic (exact) mass is 620 g/mol. The number of methoxy groups -OCH3 is 1. The molecule has 0 aliphatic heterocycles. The minimum Gasteiger partial charge on any atom is -0.506 e. The Labute approximate surface area is 246 Å². The number of hydrogen-bond acceptors (Lipinski definition) is 7. The number of aryl methyl sites for hydroxylation is 1. The molecule has 0 spiro atoms. The van der Waals surface area contributed by atoms with Crippen LogP contribution in [0.3, 0.4) is 0 Å². The summed E-state index contributed by atoms with van der Waals surface area (Å²) in [4.78, 5) is 46.3. The molecule has 1 saturated carbocycles. The number of carbonyl (C=O) groups excluding carboxylic acids is 2. The summed E-state index contributed by atoms with van der Waals surface area (Å²) in [5.74, 6) is -3.56. The molecule has 1 aliphatic rings. The Kier molecular flexibility index (Phi) is 7.92. The van der Waals surface area contributed by atoms with Gasteiger partial charge in [-0.05, 0) is 36.6 Å². The van der Waals surface area contributed by atoms with Gasteiger partial charge in [0.05, 0.1) is 34.1 Å². The average molecular weight is 621 g/mol. The van der Waals surface area contributed by atoms with Gasteiger partial charge in [-0.25, -0.2) is 14.4 Å². The zero-order chi connectivity index (χ0) is 30.5. The fraction of sp³-hybridized carbons (Fsp3) is 0.296. The number of halogens is 4. The molecule has 42 heavy (non-hydrogen) atoms.